The lowest BCUT2D eigenvalue weighted by Crippen LogP contribution is -2.65. The Morgan fingerprint density at radius 2 is 1.71 bits per heavy atom. The maximum absolute atomic E-state index is 2.70. The predicted octanol–water partition coefficient (Wildman–Crippen LogP) is 5.81. The second-order valence-electron chi connectivity index (χ2n) is 9.05. The highest BCUT2D eigenvalue weighted by Gasteiger charge is 2.55. The first kappa shape index (κ1) is 17.8. The van der Waals surface area contributed by atoms with Gasteiger partial charge in [-0.25, -0.2) is 0 Å². The van der Waals surface area contributed by atoms with Gasteiger partial charge in [0.1, 0.15) is 5.69 Å². The highest BCUT2D eigenvalue weighted by Crippen LogP contribution is 2.51. The summed E-state index contributed by atoms with van der Waals surface area (Å²) < 4.78 is 1.16. The Morgan fingerprint density at radius 3 is 2.29 bits per heavy atom. The molecule has 0 amide bonds. The second kappa shape index (κ2) is 6.71. The summed E-state index contributed by atoms with van der Waals surface area (Å²) in [4.78, 5) is 2.70. The highest BCUT2D eigenvalue weighted by atomic mass is 15.5. The number of para-hydroxylation sites is 2. The zero-order valence-corrected chi connectivity index (χ0v) is 16.5. The Bertz CT molecular complexity index is 553. The van der Waals surface area contributed by atoms with Crippen molar-refractivity contribution in [3.8, 4) is 0 Å². The monoisotopic (exact) mass is 329 g/mol. The maximum atomic E-state index is 2.70. The van der Waals surface area contributed by atoms with Gasteiger partial charge in [-0.2, -0.15) is 0 Å². The van der Waals surface area contributed by atoms with Crippen LogP contribution in [0.5, 0.6) is 0 Å². The molecule has 1 aliphatic heterocycles. The van der Waals surface area contributed by atoms with E-state index < -0.39 is 0 Å². The van der Waals surface area contributed by atoms with Gasteiger partial charge in [-0.05, 0) is 32.8 Å². The lowest BCUT2D eigenvalue weighted by Gasteiger charge is -2.48. The molecule has 1 heterocycles. The molecule has 24 heavy (non-hydrogen) atoms. The number of rotatable bonds is 4. The van der Waals surface area contributed by atoms with Crippen LogP contribution >= 0.6 is 0 Å². The standard InChI is InChI=1S/C22H37N2/c1-6-23-19-15-11-12-16-20(19)24(7-2,21(23)22(3,4)5)17-18-13-9-8-10-14-18/h11-12,15-16,18,21H,6-10,13-14,17H2,1-5H3/q+1. The molecule has 134 valence electrons. The van der Waals surface area contributed by atoms with Gasteiger partial charge in [-0.1, -0.05) is 52.2 Å². The fraction of sp³-hybridized carbons (Fsp3) is 0.727. The molecule has 1 aromatic rings. The van der Waals surface area contributed by atoms with Gasteiger partial charge < -0.3 is 4.90 Å². The summed E-state index contributed by atoms with van der Waals surface area (Å²) in [6.45, 7) is 15.7. The van der Waals surface area contributed by atoms with Crippen LogP contribution in [-0.4, -0.2) is 25.8 Å². The van der Waals surface area contributed by atoms with E-state index in [2.05, 4.69) is 63.8 Å². The first-order valence-electron chi connectivity index (χ1n) is 10.2. The highest BCUT2D eigenvalue weighted by molar-refractivity contribution is 5.75. The van der Waals surface area contributed by atoms with Crippen molar-refractivity contribution in [1.82, 2.24) is 4.48 Å². The molecule has 1 aromatic carbocycles. The minimum Gasteiger partial charge on any atom is -0.317 e. The molecule has 3 rings (SSSR count). The minimum absolute atomic E-state index is 0.264. The van der Waals surface area contributed by atoms with Gasteiger partial charge in [0, 0.05) is 23.9 Å². The molecule has 1 saturated carbocycles. The molecular formula is C22H37N2+. The van der Waals surface area contributed by atoms with E-state index in [1.807, 2.05) is 0 Å². The van der Waals surface area contributed by atoms with E-state index >= 15 is 0 Å². The van der Waals surface area contributed by atoms with Crippen molar-refractivity contribution in [3.05, 3.63) is 24.3 Å². The quantitative estimate of drug-likeness (QED) is 0.630. The first-order chi connectivity index (χ1) is 11.4. The summed E-state index contributed by atoms with van der Waals surface area (Å²) in [7, 11) is 0. The van der Waals surface area contributed by atoms with Crippen molar-refractivity contribution >= 4 is 11.4 Å². The van der Waals surface area contributed by atoms with Gasteiger partial charge in [0.2, 0.25) is 0 Å². The van der Waals surface area contributed by atoms with Crippen molar-refractivity contribution in [2.24, 2.45) is 11.3 Å². The molecule has 2 atom stereocenters. The molecule has 0 radical (unpaired) electrons. The lowest BCUT2D eigenvalue weighted by atomic mass is 9.85. The van der Waals surface area contributed by atoms with E-state index in [0.29, 0.717) is 6.17 Å². The summed E-state index contributed by atoms with van der Waals surface area (Å²) in [5.74, 6) is 0.897. The molecule has 0 saturated heterocycles. The Kier molecular flexibility index (Phi) is 4.97. The zero-order valence-electron chi connectivity index (χ0n) is 16.5. The SMILES string of the molecule is CCN1c2ccccc2[N+](CC)(CC2CCCCC2)C1C(C)(C)C. The topological polar surface area (TPSA) is 3.24 Å². The third-order valence-electron chi connectivity index (χ3n) is 6.42. The van der Waals surface area contributed by atoms with Gasteiger partial charge in [0.25, 0.3) is 0 Å². The van der Waals surface area contributed by atoms with E-state index in [4.69, 9.17) is 0 Å². The molecule has 1 fully saturated rings. The fourth-order valence-corrected chi connectivity index (χ4v) is 5.67. The van der Waals surface area contributed by atoms with E-state index in [-0.39, 0.29) is 5.41 Å². The normalized spacial score (nSPS) is 28.2. The lowest BCUT2D eigenvalue weighted by molar-refractivity contribution is 0.0952. The van der Waals surface area contributed by atoms with Crippen LogP contribution in [0.25, 0.3) is 0 Å². The third-order valence-corrected chi connectivity index (χ3v) is 6.42. The van der Waals surface area contributed by atoms with Gasteiger partial charge in [-0.3, -0.25) is 4.48 Å². The van der Waals surface area contributed by atoms with Gasteiger partial charge >= 0.3 is 0 Å². The van der Waals surface area contributed by atoms with Crippen LogP contribution in [0, 0.1) is 11.3 Å². The number of fused-ring (bicyclic) bond motifs is 1. The smallest absolute Gasteiger partial charge is 0.174 e. The molecule has 0 aromatic heterocycles. The average molecular weight is 330 g/mol. The van der Waals surface area contributed by atoms with E-state index in [1.165, 1.54) is 50.9 Å². The van der Waals surface area contributed by atoms with Crippen molar-refractivity contribution in [2.45, 2.75) is 72.9 Å². The molecule has 0 spiro atoms. The van der Waals surface area contributed by atoms with E-state index in [9.17, 15) is 0 Å². The van der Waals surface area contributed by atoms with E-state index in [1.54, 1.807) is 5.69 Å². The summed E-state index contributed by atoms with van der Waals surface area (Å²) in [6.07, 6.45) is 7.74. The number of nitrogens with zero attached hydrogens (tertiary/aromatic N) is 2. The van der Waals surface area contributed by atoms with Crippen LogP contribution in [0.3, 0.4) is 0 Å². The number of benzene rings is 1. The number of anilines is 1. The van der Waals surface area contributed by atoms with Crippen LogP contribution in [0.4, 0.5) is 11.4 Å². The average Bonchev–Trinajstić information content (AvgIpc) is 2.86. The number of hydrogen-bond donors (Lipinski definition) is 0. The van der Waals surface area contributed by atoms with Gasteiger partial charge in [0.15, 0.2) is 11.9 Å². The van der Waals surface area contributed by atoms with Gasteiger partial charge in [-0.15, -0.1) is 0 Å². The fourth-order valence-electron chi connectivity index (χ4n) is 5.67. The summed E-state index contributed by atoms with van der Waals surface area (Å²) in [6, 6.07) is 9.24. The van der Waals surface area contributed by atoms with Crippen LogP contribution in [0.2, 0.25) is 0 Å². The van der Waals surface area contributed by atoms with Gasteiger partial charge in [0.05, 0.1) is 13.1 Å². The van der Waals surface area contributed by atoms with Crippen molar-refractivity contribution in [2.75, 3.05) is 24.5 Å². The number of quaternary nitrogens is 1. The van der Waals surface area contributed by atoms with Crippen LogP contribution in [-0.2, 0) is 0 Å². The Balaban J connectivity index is 2.08. The van der Waals surface area contributed by atoms with Crippen LogP contribution < -0.4 is 9.38 Å². The summed E-state index contributed by atoms with van der Waals surface area (Å²) in [5, 5.41) is 0. The zero-order chi connectivity index (χ0) is 17.4. The van der Waals surface area contributed by atoms with Crippen molar-refractivity contribution in [3.63, 3.8) is 0 Å². The second-order valence-corrected chi connectivity index (χ2v) is 9.05. The molecule has 2 nitrogen and oxygen atoms in total. The predicted molar refractivity (Wildman–Crippen MR) is 106 cm³/mol. The third kappa shape index (κ3) is 2.87. The van der Waals surface area contributed by atoms with E-state index in [0.717, 1.165) is 16.9 Å². The minimum atomic E-state index is 0.264. The Labute approximate surface area is 149 Å². The van der Waals surface area contributed by atoms with Crippen molar-refractivity contribution in [1.29, 1.82) is 0 Å². The maximum Gasteiger partial charge on any atom is 0.174 e. The molecule has 0 N–H and O–H groups in total. The summed E-state index contributed by atoms with van der Waals surface area (Å²) in [5.41, 5.74) is 3.32. The molecular weight excluding hydrogens is 292 g/mol. The molecule has 2 unspecified atom stereocenters. The van der Waals surface area contributed by atoms with Crippen LogP contribution in [0.15, 0.2) is 24.3 Å². The number of hydrogen-bond acceptors (Lipinski definition) is 1. The first-order valence-corrected chi connectivity index (χ1v) is 10.2. The van der Waals surface area contributed by atoms with Crippen LogP contribution in [0.1, 0.15) is 66.7 Å². The Morgan fingerprint density at radius 1 is 1.04 bits per heavy atom. The molecule has 2 heteroatoms. The molecule has 0 bridgehead atoms. The Hall–Kier alpha value is -1.02. The van der Waals surface area contributed by atoms with Crippen molar-refractivity contribution < 1.29 is 0 Å². The largest absolute Gasteiger partial charge is 0.317 e. The molecule has 2 aliphatic rings. The summed E-state index contributed by atoms with van der Waals surface area (Å²) >= 11 is 0. The molecule has 1 aliphatic carbocycles.